The smallest absolute Gasteiger partial charge is 0.506 e. The molecule has 0 spiro atoms. The number of carboxylic acid groups (broad SMARTS) is 1. The quantitative estimate of drug-likeness (QED) is 0.382. The lowest BCUT2D eigenvalue weighted by Crippen LogP contribution is -2.50. The number of carbonyl (C=O) groups is 4. The van der Waals surface area contributed by atoms with Gasteiger partial charge in [-0.3, -0.25) is 4.79 Å². The highest BCUT2D eigenvalue weighted by Gasteiger charge is 2.32. The van der Waals surface area contributed by atoms with Crippen LogP contribution in [0.5, 0.6) is 11.5 Å². The highest BCUT2D eigenvalue weighted by molar-refractivity contribution is 7.98. The number of nitrogens with one attached hydrogen (secondary N) is 1. The average Bonchev–Trinajstić information content (AvgIpc) is 2.66. The maximum Gasteiger partial charge on any atom is 0.506 e. The SMILES string of the molecule is COC(=O)[C@@H]1CSCc2c(O)cc(O)c(C)c2C(=O)OC[C@H](OC(=O)O)C(=O)N1. The van der Waals surface area contributed by atoms with E-state index in [0.717, 1.165) is 24.9 Å². The van der Waals surface area contributed by atoms with Gasteiger partial charge in [-0.2, -0.15) is 11.8 Å². The van der Waals surface area contributed by atoms with Gasteiger partial charge in [0.05, 0.1) is 12.7 Å². The Morgan fingerprint density at radius 3 is 2.59 bits per heavy atom. The monoisotopic (exact) mass is 429 g/mol. The number of phenols is 2. The lowest BCUT2D eigenvalue weighted by molar-refractivity contribution is -0.146. The Hall–Kier alpha value is -3.15. The molecule has 1 aromatic rings. The largest absolute Gasteiger partial charge is 0.508 e. The first-order chi connectivity index (χ1) is 13.6. The molecule has 0 aliphatic carbocycles. The van der Waals surface area contributed by atoms with E-state index >= 15 is 0 Å². The molecule has 0 radical (unpaired) electrons. The van der Waals surface area contributed by atoms with Gasteiger partial charge in [-0.15, -0.1) is 0 Å². The summed E-state index contributed by atoms with van der Waals surface area (Å²) in [5.41, 5.74) is 0.159. The van der Waals surface area contributed by atoms with E-state index in [1.807, 2.05) is 0 Å². The molecule has 12 heteroatoms. The molecular formula is C17H19NO10S. The minimum Gasteiger partial charge on any atom is -0.508 e. The number of aromatic hydroxyl groups is 2. The van der Waals surface area contributed by atoms with Crippen molar-refractivity contribution in [3.8, 4) is 11.5 Å². The summed E-state index contributed by atoms with van der Waals surface area (Å²) in [5.74, 6) is -3.42. The van der Waals surface area contributed by atoms with Crippen LogP contribution >= 0.6 is 11.8 Å². The van der Waals surface area contributed by atoms with Gasteiger partial charge in [0.1, 0.15) is 24.1 Å². The Balaban J connectivity index is 2.46. The van der Waals surface area contributed by atoms with Gasteiger partial charge in [0.15, 0.2) is 0 Å². The van der Waals surface area contributed by atoms with E-state index in [1.54, 1.807) is 0 Å². The maximum absolute atomic E-state index is 12.5. The molecule has 1 heterocycles. The molecule has 11 nitrogen and oxygen atoms in total. The highest BCUT2D eigenvalue weighted by Crippen LogP contribution is 2.35. The third kappa shape index (κ3) is 5.22. The van der Waals surface area contributed by atoms with Crippen LogP contribution in [0.2, 0.25) is 0 Å². The van der Waals surface area contributed by atoms with Crippen molar-refractivity contribution in [2.45, 2.75) is 24.8 Å². The standard InChI is InChI=1S/C17H19NO10S/c1-7-10(19)3-11(20)8-5-29-6-9(15(22)26-2)18-14(21)12(28-17(24)25)4-27-16(23)13(7)8/h3,9,12,19-20H,4-6H2,1-2H3,(H,18,21)(H,24,25)/t9-,12-/m0/s1. The second-order valence-corrected chi connectivity index (χ2v) is 6.99. The number of methoxy groups -OCH3 is 1. The number of esters is 2. The second kappa shape index (κ2) is 9.37. The first-order valence-electron chi connectivity index (χ1n) is 8.22. The first-order valence-corrected chi connectivity index (χ1v) is 9.38. The summed E-state index contributed by atoms with van der Waals surface area (Å²) in [6.45, 7) is 0.647. The molecule has 1 amide bonds. The molecular weight excluding hydrogens is 410 g/mol. The molecule has 2 rings (SSSR count). The summed E-state index contributed by atoms with van der Waals surface area (Å²) < 4.78 is 14.1. The Bertz CT molecular complexity index is 840. The number of ether oxygens (including phenoxy) is 3. The van der Waals surface area contributed by atoms with Crippen LogP contribution in [0.1, 0.15) is 21.5 Å². The Labute approximate surface area is 168 Å². The third-order valence-corrected chi connectivity index (χ3v) is 5.14. The van der Waals surface area contributed by atoms with Gasteiger partial charge in [0.2, 0.25) is 6.10 Å². The van der Waals surface area contributed by atoms with Crippen molar-refractivity contribution in [2.24, 2.45) is 0 Å². The molecule has 0 saturated carbocycles. The van der Waals surface area contributed by atoms with Crippen molar-refractivity contribution in [3.63, 3.8) is 0 Å². The molecule has 0 unspecified atom stereocenters. The number of fused-ring (bicyclic) bond motifs is 1. The van der Waals surface area contributed by atoms with Crippen LogP contribution < -0.4 is 5.32 Å². The summed E-state index contributed by atoms with van der Waals surface area (Å²) in [7, 11) is 1.12. The summed E-state index contributed by atoms with van der Waals surface area (Å²) in [6.07, 6.45) is -3.54. The lowest BCUT2D eigenvalue weighted by atomic mass is 10.0. The van der Waals surface area contributed by atoms with E-state index in [4.69, 9.17) is 9.84 Å². The summed E-state index contributed by atoms with van der Waals surface area (Å²) >= 11 is 1.09. The fourth-order valence-corrected chi connectivity index (χ4v) is 3.66. The zero-order valence-corrected chi connectivity index (χ0v) is 16.3. The predicted molar refractivity (Wildman–Crippen MR) is 97.8 cm³/mol. The zero-order chi connectivity index (χ0) is 21.7. The second-order valence-electron chi connectivity index (χ2n) is 5.96. The van der Waals surface area contributed by atoms with Crippen LogP contribution in [0.3, 0.4) is 0 Å². The zero-order valence-electron chi connectivity index (χ0n) is 15.5. The molecule has 0 bridgehead atoms. The van der Waals surface area contributed by atoms with Crippen molar-refractivity contribution in [3.05, 3.63) is 22.8 Å². The van der Waals surface area contributed by atoms with Gasteiger partial charge in [0.25, 0.3) is 5.91 Å². The number of thioether (sulfide) groups is 1. The Morgan fingerprint density at radius 1 is 1.28 bits per heavy atom. The van der Waals surface area contributed by atoms with Crippen LogP contribution in [0.4, 0.5) is 4.79 Å². The van der Waals surface area contributed by atoms with Crippen LogP contribution in [0.25, 0.3) is 0 Å². The van der Waals surface area contributed by atoms with E-state index in [0.29, 0.717) is 0 Å². The van der Waals surface area contributed by atoms with E-state index in [2.05, 4.69) is 14.8 Å². The molecule has 29 heavy (non-hydrogen) atoms. The van der Waals surface area contributed by atoms with E-state index < -0.39 is 42.8 Å². The van der Waals surface area contributed by atoms with Gasteiger partial charge in [-0.25, -0.2) is 14.4 Å². The van der Waals surface area contributed by atoms with Crippen LogP contribution in [0.15, 0.2) is 6.07 Å². The van der Waals surface area contributed by atoms with E-state index in [-0.39, 0.29) is 39.7 Å². The van der Waals surface area contributed by atoms with E-state index in [9.17, 15) is 29.4 Å². The fraction of sp³-hybridized carbons (Fsp3) is 0.412. The number of hydrogen-bond donors (Lipinski definition) is 4. The van der Waals surface area contributed by atoms with Gasteiger partial charge >= 0.3 is 18.1 Å². The molecule has 4 N–H and O–H groups in total. The number of rotatable bonds is 2. The van der Waals surface area contributed by atoms with Gasteiger partial charge in [-0.1, -0.05) is 0 Å². The molecule has 0 fully saturated rings. The number of phenolic OH excluding ortho intramolecular Hbond substituents is 2. The number of carbonyl (C=O) groups excluding carboxylic acids is 3. The predicted octanol–water partition coefficient (Wildman–Crippen LogP) is 0.531. The summed E-state index contributed by atoms with van der Waals surface area (Å²) in [4.78, 5) is 47.7. The minimum absolute atomic E-state index is 0.00788. The topological polar surface area (TPSA) is 169 Å². The molecule has 158 valence electrons. The van der Waals surface area contributed by atoms with Gasteiger partial charge in [0, 0.05) is 28.7 Å². The number of benzene rings is 1. The molecule has 1 aliphatic rings. The molecule has 0 saturated heterocycles. The van der Waals surface area contributed by atoms with Crippen molar-refractivity contribution in [1.82, 2.24) is 5.32 Å². The van der Waals surface area contributed by atoms with Crippen LogP contribution in [-0.2, 0) is 29.6 Å². The maximum atomic E-state index is 12.5. The number of cyclic esters (lactones) is 1. The molecule has 2 atom stereocenters. The van der Waals surface area contributed by atoms with Gasteiger partial charge in [-0.05, 0) is 6.92 Å². The van der Waals surface area contributed by atoms with Crippen molar-refractivity contribution in [1.29, 1.82) is 0 Å². The highest BCUT2D eigenvalue weighted by atomic mass is 32.2. The van der Waals surface area contributed by atoms with Gasteiger partial charge < -0.3 is 34.8 Å². The molecule has 0 aromatic heterocycles. The minimum atomic E-state index is -1.79. The van der Waals surface area contributed by atoms with Crippen molar-refractivity contribution in [2.75, 3.05) is 19.5 Å². The van der Waals surface area contributed by atoms with E-state index in [1.165, 1.54) is 6.92 Å². The molecule has 1 aliphatic heterocycles. The Morgan fingerprint density at radius 2 is 1.97 bits per heavy atom. The lowest BCUT2D eigenvalue weighted by Gasteiger charge is -2.22. The van der Waals surface area contributed by atoms with Crippen molar-refractivity contribution >= 4 is 35.8 Å². The molecule has 1 aromatic carbocycles. The number of hydrogen-bond acceptors (Lipinski definition) is 10. The summed E-state index contributed by atoms with van der Waals surface area (Å²) in [5, 5.41) is 31.2. The Kier molecular flexibility index (Phi) is 7.15. The van der Waals surface area contributed by atoms with Crippen LogP contribution in [-0.4, -0.2) is 70.9 Å². The normalized spacial score (nSPS) is 20.2. The fourth-order valence-electron chi connectivity index (χ4n) is 2.59. The number of amides is 1. The first kappa shape index (κ1) is 22.1. The average molecular weight is 429 g/mol. The van der Waals surface area contributed by atoms with Crippen LogP contribution in [0, 0.1) is 6.92 Å². The van der Waals surface area contributed by atoms with Crippen molar-refractivity contribution < 1.29 is 48.7 Å². The summed E-state index contributed by atoms with van der Waals surface area (Å²) in [6, 6.07) is -0.0691. The third-order valence-electron chi connectivity index (χ3n) is 4.08.